The number of benzene rings is 1. The first-order chi connectivity index (χ1) is 9.78. The third-order valence-electron chi connectivity index (χ3n) is 4.11. The molecule has 1 aliphatic rings. The number of aryl methyl sites for hydroxylation is 1. The van der Waals surface area contributed by atoms with Crippen LogP contribution in [0.15, 0.2) is 36.7 Å². The van der Waals surface area contributed by atoms with Gasteiger partial charge in [-0.15, -0.1) is 0 Å². The Morgan fingerprint density at radius 1 is 1.40 bits per heavy atom. The van der Waals surface area contributed by atoms with Crippen LogP contribution in [0.2, 0.25) is 0 Å². The maximum absolute atomic E-state index is 5.34. The van der Waals surface area contributed by atoms with E-state index in [-0.39, 0.29) is 0 Å². The highest BCUT2D eigenvalue weighted by molar-refractivity contribution is 5.31. The van der Waals surface area contributed by atoms with Crippen molar-refractivity contribution in [1.29, 1.82) is 0 Å². The van der Waals surface area contributed by atoms with Crippen molar-refractivity contribution >= 4 is 0 Å². The Morgan fingerprint density at radius 3 is 3.05 bits per heavy atom. The van der Waals surface area contributed by atoms with Crippen LogP contribution in [0.1, 0.15) is 30.3 Å². The van der Waals surface area contributed by atoms with E-state index in [1.807, 2.05) is 18.5 Å². The molecule has 2 aromatic rings. The standard InChI is InChI=1S/C16H21N3O/c1-18-10-8-17-16(18)12-19-9-4-7-15(19)13-5-3-6-14(11-13)20-2/h3,5-6,8,10-11,15H,4,7,9,12H2,1-2H3. The number of imidazole rings is 1. The van der Waals surface area contributed by atoms with Gasteiger partial charge in [0, 0.05) is 25.5 Å². The molecule has 0 saturated carbocycles. The molecule has 0 amide bonds. The normalized spacial score (nSPS) is 19.4. The molecule has 4 nitrogen and oxygen atoms in total. The second-order valence-electron chi connectivity index (χ2n) is 5.36. The Bertz CT molecular complexity index is 579. The lowest BCUT2D eigenvalue weighted by molar-refractivity contribution is 0.239. The van der Waals surface area contributed by atoms with Gasteiger partial charge in [-0.2, -0.15) is 0 Å². The molecule has 1 unspecified atom stereocenters. The van der Waals surface area contributed by atoms with Crippen molar-refractivity contribution in [2.24, 2.45) is 7.05 Å². The molecule has 0 N–H and O–H groups in total. The largest absolute Gasteiger partial charge is 0.497 e. The van der Waals surface area contributed by atoms with Gasteiger partial charge < -0.3 is 9.30 Å². The van der Waals surface area contributed by atoms with E-state index in [1.54, 1.807) is 7.11 Å². The average molecular weight is 271 g/mol. The number of hydrogen-bond acceptors (Lipinski definition) is 3. The Hall–Kier alpha value is -1.81. The average Bonchev–Trinajstić information content (AvgIpc) is 3.09. The number of aromatic nitrogens is 2. The highest BCUT2D eigenvalue weighted by atomic mass is 16.5. The molecule has 2 heterocycles. The lowest BCUT2D eigenvalue weighted by atomic mass is 10.0. The Kier molecular flexibility index (Phi) is 3.74. The first-order valence-corrected chi connectivity index (χ1v) is 7.12. The third kappa shape index (κ3) is 2.56. The van der Waals surface area contributed by atoms with Gasteiger partial charge in [0.15, 0.2) is 0 Å². The molecule has 3 rings (SSSR count). The second-order valence-corrected chi connectivity index (χ2v) is 5.36. The van der Waals surface area contributed by atoms with Gasteiger partial charge in [0.25, 0.3) is 0 Å². The highest BCUT2D eigenvalue weighted by Gasteiger charge is 2.27. The summed E-state index contributed by atoms with van der Waals surface area (Å²) < 4.78 is 7.44. The fourth-order valence-corrected chi connectivity index (χ4v) is 2.97. The van der Waals surface area contributed by atoms with Gasteiger partial charge in [-0.1, -0.05) is 12.1 Å². The fraction of sp³-hybridized carbons (Fsp3) is 0.438. The maximum Gasteiger partial charge on any atom is 0.122 e. The molecule has 0 radical (unpaired) electrons. The zero-order valence-corrected chi connectivity index (χ0v) is 12.1. The summed E-state index contributed by atoms with van der Waals surface area (Å²) in [5.41, 5.74) is 1.34. The SMILES string of the molecule is COc1cccc(C2CCCN2Cc2nccn2C)c1. The Labute approximate surface area is 120 Å². The number of likely N-dealkylation sites (tertiary alicyclic amines) is 1. The number of methoxy groups -OCH3 is 1. The molecule has 1 aromatic heterocycles. The van der Waals surface area contributed by atoms with Crippen molar-refractivity contribution in [3.8, 4) is 5.75 Å². The summed E-state index contributed by atoms with van der Waals surface area (Å²) in [7, 11) is 3.78. The van der Waals surface area contributed by atoms with E-state index in [0.29, 0.717) is 6.04 Å². The van der Waals surface area contributed by atoms with Gasteiger partial charge in [-0.25, -0.2) is 4.98 Å². The molecule has 1 saturated heterocycles. The van der Waals surface area contributed by atoms with Crippen LogP contribution in [0.25, 0.3) is 0 Å². The highest BCUT2D eigenvalue weighted by Crippen LogP contribution is 2.34. The van der Waals surface area contributed by atoms with Crippen LogP contribution < -0.4 is 4.74 Å². The fourth-order valence-electron chi connectivity index (χ4n) is 2.97. The van der Waals surface area contributed by atoms with Gasteiger partial charge in [-0.05, 0) is 37.1 Å². The molecule has 1 atom stereocenters. The van der Waals surface area contributed by atoms with Gasteiger partial charge in [-0.3, -0.25) is 4.90 Å². The molecular formula is C16H21N3O. The van der Waals surface area contributed by atoms with Crippen LogP contribution in [0.4, 0.5) is 0 Å². The summed E-state index contributed by atoms with van der Waals surface area (Å²) >= 11 is 0. The predicted molar refractivity (Wildman–Crippen MR) is 78.6 cm³/mol. The number of rotatable bonds is 4. The van der Waals surface area contributed by atoms with Crippen LogP contribution in [0.5, 0.6) is 5.75 Å². The minimum absolute atomic E-state index is 0.474. The van der Waals surface area contributed by atoms with Crippen molar-refractivity contribution in [2.75, 3.05) is 13.7 Å². The van der Waals surface area contributed by atoms with E-state index >= 15 is 0 Å². The molecule has 0 spiro atoms. The summed E-state index contributed by atoms with van der Waals surface area (Å²) in [6.45, 7) is 2.04. The minimum Gasteiger partial charge on any atom is -0.497 e. The predicted octanol–water partition coefficient (Wildman–Crippen LogP) is 2.77. The van der Waals surface area contributed by atoms with Gasteiger partial charge >= 0.3 is 0 Å². The van der Waals surface area contributed by atoms with Crippen molar-refractivity contribution in [2.45, 2.75) is 25.4 Å². The molecular weight excluding hydrogens is 250 g/mol. The van der Waals surface area contributed by atoms with Gasteiger partial charge in [0.1, 0.15) is 11.6 Å². The molecule has 4 heteroatoms. The molecule has 1 fully saturated rings. The maximum atomic E-state index is 5.34. The van der Waals surface area contributed by atoms with Gasteiger partial charge in [0.2, 0.25) is 0 Å². The summed E-state index contributed by atoms with van der Waals surface area (Å²) in [5.74, 6) is 2.06. The van der Waals surface area contributed by atoms with E-state index in [2.05, 4.69) is 39.7 Å². The summed E-state index contributed by atoms with van der Waals surface area (Å²) in [6.07, 6.45) is 6.32. The topological polar surface area (TPSA) is 30.3 Å². The molecule has 20 heavy (non-hydrogen) atoms. The van der Waals surface area contributed by atoms with Crippen molar-refractivity contribution in [3.05, 3.63) is 48.0 Å². The quantitative estimate of drug-likeness (QED) is 0.856. The van der Waals surface area contributed by atoms with Crippen molar-refractivity contribution in [3.63, 3.8) is 0 Å². The lowest BCUT2D eigenvalue weighted by Crippen LogP contribution is -2.24. The van der Waals surface area contributed by atoms with Crippen LogP contribution >= 0.6 is 0 Å². The first-order valence-electron chi connectivity index (χ1n) is 7.12. The van der Waals surface area contributed by atoms with E-state index in [9.17, 15) is 0 Å². The zero-order valence-electron chi connectivity index (χ0n) is 12.1. The summed E-state index contributed by atoms with van der Waals surface area (Å²) in [6, 6.07) is 8.90. The van der Waals surface area contributed by atoms with Crippen molar-refractivity contribution in [1.82, 2.24) is 14.5 Å². The molecule has 1 aliphatic heterocycles. The minimum atomic E-state index is 0.474. The Balaban J connectivity index is 1.79. The number of ether oxygens (including phenoxy) is 1. The smallest absolute Gasteiger partial charge is 0.122 e. The molecule has 0 bridgehead atoms. The zero-order chi connectivity index (χ0) is 13.9. The van der Waals surface area contributed by atoms with Crippen LogP contribution in [0.3, 0.4) is 0 Å². The van der Waals surface area contributed by atoms with Crippen LogP contribution in [-0.4, -0.2) is 28.1 Å². The summed E-state index contributed by atoms with van der Waals surface area (Å²) in [4.78, 5) is 6.95. The number of nitrogens with zero attached hydrogens (tertiary/aromatic N) is 3. The lowest BCUT2D eigenvalue weighted by Gasteiger charge is -2.24. The van der Waals surface area contributed by atoms with E-state index < -0.39 is 0 Å². The Morgan fingerprint density at radius 2 is 2.30 bits per heavy atom. The van der Waals surface area contributed by atoms with E-state index in [1.165, 1.54) is 18.4 Å². The van der Waals surface area contributed by atoms with Crippen LogP contribution in [-0.2, 0) is 13.6 Å². The van der Waals surface area contributed by atoms with Crippen LogP contribution in [0, 0.1) is 0 Å². The monoisotopic (exact) mass is 271 g/mol. The summed E-state index contributed by atoms with van der Waals surface area (Å²) in [5, 5.41) is 0. The first kappa shape index (κ1) is 13.2. The molecule has 1 aromatic carbocycles. The van der Waals surface area contributed by atoms with Crippen molar-refractivity contribution < 1.29 is 4.74 Å². The molecule has 0 aliphatic carbocycles. The van der Waals surface area contributed by atoms with E-state index in [0.717, 1.165) is 24.7 Å². The third-order valence-corrected chi connectivity index (χ3v) is 4.11. The molecule has 106 valence electrons. The van der Waals surface area contributed by atoms with Gasteiger partial charge in [0.05, 0.1) is 13.7 Å². The second kappa shape index (κ2) is 5.67. The number of hydrogen-bond donors (Lipinski definition) is 0. The van der Waals surface area contributed by atoms with E-state index in [4.69, 9.17) is 4.74 Å².